The lowest BCUT2D eigenvalue weighted by atomic mass is 10.1. The molecule has 0 aliphatic heterocycles. The van der Waals surface area contributed by atoms with Crippen LogP contribution in [0.3, 0.4) is 0 Å². The third-order valence-corrected chi connectivity index (χ3v) is 2.31. The molecule has 0 aromatic heterocycles. The Morgan fingerprint density at radius 2 is 1.81 bits per heavy atom. The van der Waals surface area contributed by atoms with E-state index in [9.17, 15) is 0 Å². The number of hydrogen-bond donors (Lipinski definition) is 0. The number of benzene rings is 2. The summed E-state index contributed by atoms with van der Waals surface area (Å²) < 4.78 is 11.1. The highest BCUT2D eigenvalue weighted by Crippen LogP contribution is 2.31. The zero-order chi connectivity index (χ0) is 11.4. The van der Waals surface area contributed by atoms with E-state index in [1.54, 1.807) is 0 Å². The van der Waals surface area contributed by atoms with E-state index in [0.717, 1.165) is 16.5 Å². The summed E-state index contributed by atoms with van der Waals surface area (Å²) in [5, 5.41) is 2.17. The maximum absolute atomic E-state index is 5.54. The molecule has 0 aliphatic rings. The summed E-state index contributed by atoms with van der Waals surface area (Å²) >= 11 is 0. The molecule has 0 saturated heterocycles. The third-order valence-electron chi connectivity index (χ3n) is 2.31. The Hall–Kier alpha value is -1.70. The molecule has 0 atom stereocenters. The molecule has 0 N–H and O–H groups in total. The monoisotopic (exact) mass is 215 g/mol. The number of rotatable bonds is 4. The van der Waals surface area contributed by atoms with Crippen molar-refractivity contribution in [1.82, 2.24) is 0 Å². The topological polar surface area (TPSA) is 18.5 Å². The average molecular weight is 215 g/mol. The Labute approximate surface area is 95.8 Å². The van der Waals surface area contributed by atoms with Crippen molar-refractivity contribution in [3.63, 3.8) is 0 Å². The molecule has 2 rings (SSSR count). The largest absolute Gasteiger partial charge is 0.490 e. The molecule has 0 unspecified atom stereocenters. The molecule has 16 heavy (non-hydrogen) atoms. The second kappa shape index (κ2) is 4.88. The second-order valence-corrected chi connectivity index (χ2v) is 3.42. The zero-order valence-electron chi connectivity index (χ0n) is 9.62. The molecule has 2 heteroatoms. The fourth-order valence-electron chi connectivity index (χ4n) is 1.64. The van der Waals surface area contributed by atoms with E-state index in [0.29, 0.717) is 19.0 Å². The Kier molecular flexibility index (Phi) is 3.30. The molecular formula is C14H15O2. The van der Waals surface area contributed by atoms with Crippen molar-refractivity contribution in [3.05, 3.63) is 36.4 Å². The van der Waals surface area contributed by atoms with Crippen molar-refractivity contribution in [2.75, 3.05) is 13.2 Å². The summed E-state index contributed by atoms with van der Waals surface area (Å²) in [7, 11) is 0. The van der Waals surface area contributed by atoms with Crippen molar-refractivity contribution in [2.45, 2.75) is 13.8 Å². The molecule has 0 saturated carbocycles. The first-order valence-electron chi connectivity index (χ1n) is 5.55. The molecule has 0 heterocycles. The normalized spacial score (nSPS) is 10.4. The van der Waals surface area contributed by atoms with Gasteiger partial charge in [0, 0.05) is 6.07 Å². The van der Waals surface area contributed by atoms with Crippen LogP contribution in [0.4, 0.5) is 0 Å². The van der Waals surface area contributed by atoms with Gasteiger partial charge in [0.05, 0.1) is 13.2 Å². The van der Waals surface area contributed by atoms with Crippen molar-refractivity contribution < 1.29 is 9.47 Å². The predicted molar refractivity (Wildman–Crippen MR) is 65.1 cm³/mol. The SMILES string of the molecule is CCOc1[c]c2ccccc2cc1OCC. The minimum absolute atomic E-state index is 0.620. The van der Waals surface area contributed by atoms with Crippen molar-refractivity contribution in [2.24, 2.45) is 0 Å². The summed E-state index contributed by atoms with van der Waals surface area (Å²) in [6, 6.07) is 13.3. The van der Waals surface area contributed by atoms with Gasteiger partial charge in [-0.1, -0.05) is 24.3 Å². The van der Waals surface area contributed by atoms with Crippen LogP contribution in [0, 0.1) is 6.07 Å². The standard InChI is InChI=1S/C14H15O2/c1-3-15-13-9-11-7-5-6-8-12(11)10-14(13)16-4-2/h5-9H,3-4H2,1-2H3. The van der Waals surface area contributed by atoms with E-state index in [2.05, 4.69) is 6.07 Å². The molecule has 0 aliphatic carbocycles. The van der Waals surface area contributed by atoms with Crippen LogP contribution in [0.15, 0.2) is 30.3 Å². The number of hydrogen-bond acceptors (Lipinski definition) is 2. The molecule has 83 valence electrons. The van der Waals surface area contributed by atoms with Gasteiger partial charge in [0.15, 0.2) is 11.5 Å². The lowest BCUT2D eigenvalue weighted by molar-refractivity contribution is 0.288. The van der Waals surface area contributed by atoms with Crippen molar-refractivity contribution in [3.8, 4) is 11.5 Å². The van der Waals surface area contributed by atoms with E-state index >= 15 is 0 Å². The van der Waals surface area contributed by atoms with E-state index in [-0.39, 0.29) is 0 Å². The fourth-order valence-corrected chi connectivity index (χ4v) is 1.64. The second-order valence-electron chi connectivity index (χ2n) is 3.42. The first-order chi connectivity index (χ1) is 7.85. The minimum atomic E-state index is 0.620. The molecular weight excluding hydrogens is 200 g/mol. The van der Waals surface area contributed by atoms with Gasteiger partial charge in [-0.2, -0.15) is 0 Å². The van der Waals surface area contributed by atoms with E-state index in [1.165, 1.54) is 0 Å². The first-order valence-corrected chi connectivity index (χ1v) is 5.55. The highest BCUT2D eigenvalue weighted by Gasteiger charge is 2.06. The van der Waals surface area contributed by atoms with Crippen LogP contribution in [0.2, 0.25) is 0 Å². The summed E-state index contributed by atoms with van der Waals surface area (Å²) in [6.45, 7) is 5.17. The quantitative estimate of drug-likeness (QED) is 0.777. The van der Waals surface area contributed by atoms with Crippen LogP contribution >= 0.6 is 0 Å². The molecule has 2 aromatic rings. The molecule has 0 bridgehead atoms. The predicted octanol–water partition coefficient (Wildman–Crippen LogP) is 3.44. The molecule has 2 aromatic carbocycles. The molecule has 0 fully saturated rings. The van der Waals surface area contributed by atoms with Crippen LogP contribution in [0.25, 0.3) is 10.8 Å². The molecule has 0 spiro atoms. The Balaban J connectivity index is 2.51. The highest BCUT2D eigenvalue weighted by atomic mass is 16.5. The lowest BCUT2D eigenvalue weighted by Gasteiger charge is -2.11. The van der Waals surface area contributed by atoms with Gasteiger partial charge in [-0.25, -0.2) is 0 Å². The van der Waals surface area contributed by atoms with Gasteiger partial charge < -0.3 is 9.47 Å². The Morgan fingerprint density at radius 1 is 1.06 bits per heavy atom. The number of ether oxygens (including phenoxy) is 2. The van der Waals surface area contributed by atoms with E-state index < -0.39 is 0 Å². The smallest absolute Gasteiger partial charge is 0.169 e. The van der Waals surface area contributed by atoms with Gasteiger partial charge in [-0.15, -0.1) is 0 Å². The van der Waals surface area contributed by atoms with E-state index in [4.69, 9.17) is 9.47 Å². The van der Waals surface area contributed by atoms with Crippen molar-refractivity contribution >= 4 is 10.8 Å². The third kappa shape index (κ3) is 2.11. The fraction of sp³-hybridized carbons (Fsp3) is 0.286. The van der Waals surface area contributed by atoms with Gasteiger partial charge in [0.25, 0.3) is 0 Å². The van der Waals surface area contributed by atoms with Gasteiger partial charge in [0.1, 0.15) is 0 Å². The van der Waals surface area contributed by atoms with Gasteiger partial charge in [-0.05, 0) is 30.7 Å². The maximum atomic E-state index is 5.54. The maximum Gasteiger partial charge on any atom is 0.169 e. The summed E-state index contributed by atoms with van der Waals surface area (Å²) in [6.07, 6.45) is 0. The molecule has 0 amide bonds. The van der Waals surface area contributed by atoms with Gasteiger partial charge >= 0.3 is 0 Å². The molecule has 1 radical (unpaired) electrons. The van der Waals surface area contributed by atoms with Gasteiger partial charge in [-0.3, -0.25) is 0 Å². The van der Waals surface area contributed by atoms with Crippen LogP contribution in [-0.2, 0) is 0 Å². The minimum Gasteiger partial charge on any atom is -0.490 e. The molecule has 2 nitrogen and oxygen atoms in total. The lowest BCUT2D eigenvalue weighted by Crippen LogP contribution is -1.98. The van der Waals surface area contributed by atoms with E-state index in [1.807, 2.05) is 44.2 Å². The van der Waals surface area contributed by atoms with Gasteiger partial charge in [0.2, 0.25) is 0 Å². The van der Waals surface area contributed by atoms with Crippen LogP contribution < -0.4 is 9.47 Å². The zero-order valence-corrected chi connectivity index (χ0v) is 9.62. The summed E-state index contributed by atoms with van der Waals surface area (Å²) in [4.78, 5) is 0. The summed E-state index contributed by atoms with van der Waals surface area (Å²) in [5.74, 6) is 1.46. The van der Waals surface area contributed by atoms with Crippen LogP contribution in [0.5, 0.6) is 11.5 Å². The Morgan fingerprint density at radius 3 is 2.56 bits per heavy atom. The highest BCUT2D eigenvalue weighted by molar-refractivity contribution is 5.85. The summed E-state index contributed by atoms with van der Waals surface area (Å²) in [5.41, 5.74) is 0. The number of fused-ring (bicyclic) bond motifs is 1. The van der Waals surface area contributed by atoms with Crippen molar-refractivity contribution in [1.29, 1.82) is 0 Å². The first kappa shape index (κ1) is 10.8. The van der Waals surface area contributed by atoms with Crippen LogP contribution in [0.1, 0.15) is 13.8 Å². The average Bonchev–Trinajstić information content (AvgIpc) is 2.30. The Bertz CT molecular complexity index is 433. The van der Waals surface area contributed by atoms with Crippen LogP contribution in [-0.4, -0.2) is 13.2 Å².